The van der Waals surface area contributed by atoms with Crippen molar-refractivity contribution in [2.24, 2.45) is 5.92 Å². The average molecular weight is 287 g/mol. The van der Waals surface area contributed by atoms with Gasteiger partial charge >= 0.3 is 12.1 Å². The fraction of sp³-hybridized carbons (Fsp3) is 0.500. The Labute approximate surface area is 115 Å². The Kier molecular flexibility index (Phi) is 4.04. The number of hydrogen-bond acceptors (Lipinski definition) is 2. The van der Waals surface area contributed by atoms with Crippen molar-refractivity contribution in [1.82, 2.24) is 4.90 Å². The summed E-state index contributed by atoms with van der Waals surface area (Å²) in [5.41, 5.74) is 0.0425. The van der Waals surface area contributed by atoms with E-state index in [9.17, 15) is 18.0 Å². The molecular weight excluding hydrogens is 271 g/mol. The second-order valence-corrected chi connectivity index (χ2v) is 5.18. The Morgan fingerprint density at radius 1 is 1.30 bits per heavy atom. The Morgan fingerprint density at radius 3 is 2.40 bits per heavy atom. The van der Waals surface area contributed by atoms with E-state index in [2.05, 4.69) is 0 Å². The van der Waals surface area contributed by atoms with Crippen LogP contribution >= 0.6 is 0 Å². The third kappa shape index (κ3) is 3.12. The summed E-state index contributed by atoms with van der Waals surface area (Å²) in [5, 5.41) is 9.07. The fourth-order valence-corrected chi connectivity index (χ4v) is 2.59. The van der Waals surface area contributed by atoms with E-state index in [1.54, 1.807) is 0 Å². The number of hydrogen-bond donors (Lipinski definition) is 1. The number of aliphatic carboxylic acids is 1. The maximum absolute atomic E-state index is 12.5. The first-order valence-corrected chi connectivity index (χ1v) is 6.39. The Morgan fingerprint density at radius 2 is 1.90 bits per heavy atom. The molecule has 1 heterocycles. The lowest BCUT2D eigenvalue weighted by Crippen LogP contribution is -2.36. The van der Waals surface area contributed by atoms with E-state index < -0.39 is 23.6 Å². The normalized spacial score (nSPS) is 24.6. The third-order valence-electron chi connectivity index (χ3n) is 3.84. The molecule has 1 saturated heterocycles. The van der Waals surface area contributed by atoms with E-state index in [-0.39, 0.29) is 6.04 Å². The number of rotatable bonds is 2. The first-order chi connectivity index (χ1) is 9.29. The molecule has 0 amide bonds. The standard InChI is InChI=1S/C14H16F3NO2/c1-18-7-6-10(13(19)20)8-12(18)9-2-4-11(5-3-9)14(15,16)17/h2-5,10,12H,6-8H2,1H3,(H,19,20)/t10-,12+/m0/s1. The van der Waals surface area contributed by atoms with Crippen molar-refractivity contribution in [3.63, 3.8) is 0 Å². The SMILES string of the molecule is CN1CC[C@H](C(=O)O)C[C@@H]1c1ccc(C(F)(F)F)cc1. The van der Waals surface area contributed by atoms with Gasteiger partial charge in [0.15, 0.2) is 0 Å². The van der Waals surface area contributed by atoms with Crippen molar-refractivity contribution >= 4 is 5.97 Å². The van der Waals surface area contributed by atoms with Gasteiger partial charge in [0.1, 0.15) is 0 Å². The lowest BCUT2D eigenvalue weighted by molar-refractivity contribution is -0.144. The van der Waals surface area contributed by atoms with Crippen LogP contribution in [0.25, 0.3) is 0 Å². The Balaban J connectivity index is 2.19. The maximum atomic E-state index is 12.5. The first-order valence-electron chi connectivity index (χ1n) is 6.39. The molecule has 0 bridgehead atoms. The van der Waals surface area contributed by atoms with Gasteiger partial charge in [0.05, 0.1) is 11.5 Å². The minimum Gasteiger partial charge on any atom is -0.481 e. The first kappa shape index (κ1) is 14.8. The smallest absolute Gasteiger partial charge is 0.416 e. The lowest BCUT2D eigenvalue weighted by Gasteiger charge is -2.36. The van der Waals surface area contributed by atoms with Gasteiger partial charge in [-0.25, -0.2) is 0 Å². The summed E-state index contributed by atoms with van der Waals surface area (Å²) >= 11 is 0. The van der Waals surface area contributed by atoms with Crippen LogP contribution < -0.4 is 0 Å². The number of carboxylic acids is 1. The van der Waals surface area contributed by atoms with Crippen molar-refractivity contribution in [3.8, 4) is 0 Å². The van der Waals surface area contributed by atoms with Crippen LogP contribution in [0.15, 0.2) is 24.3 Å². The minimum absolute atomic E-state index is 0.146. The molecule has 1 N–H and O–H groups in total. The van der Waals surface area contributed by atoms with E-state index in [0.717, 1.165) is 17.7 Å². The number of carboxylic acid groups (broad SMARTS) is 1. The maximum Gasteiger partial charge on any atom is 0.416 e. The van der Waals surface area contributed by atoms with E-state index in [1.807, 2.05) is 11.9 Å². The predicted molar refractivity (Wildman–Crippen MR) is 67.2 cm³/mol. The summed E-state index contributed by atoms with van der Waals surface area (Å²) in [7, 11) is 1.86. The van der Waals surface area contributed by atoms with E-state index in [0.29, 0.717) is 19.4 Å². The summed E-state index contributed by atoms with van der Waals surface area (Å²) in [5.74, 6) is -1.27. The van der Waals surface area contributed by atoms with Crippen LogP contribution in [0.3, 0.4) is 0 Å². The van der Waals surface area contributed by atoms with Crippen LogP contribution in [0.4, 0.5) is 13.2 Å². The van der Waals surface area contributed by atoms with Crippen molar-refractivity contribution in [2.45, 2.75) is 25.1 Å². The minimum atomic E-state index is -4.35. The number of alkyl halides is 3. The molecule has 6 heteroatoms. The van der Waals surface area contributed by atoms with Gasteiger partial charge < -0.3 is 5.11 Å². The second kappa shape index (κ2) is 5.44. The van der Waals surface area contributed by atoms with Gasteiger partial charge in [-0.2, -0.15) is 13.2 Å². The summed E-state index contributed by atoms with van der Waals surface area (Å²) in [4.78, 5) is 13.0. The Hall–Kier alpha value is -1.56. The highest BCUT2D eigenvalue weighted by Crippen LogP contribution is 2.35. The fourth-order valence-electron chi connectivity index (χ4n) is 2.59. The predicted octanol–water partition coefficient (Wildman–Crippen LogP) is 3.17. The molecule has 0 saturated carbocycles. The van der Waals surface area contributed by atoms with Crippen LogP contribution in [0.5, 0.6) is 0 Å². The molecule has 0 spiro atoms. The highest BCUT2D eigenvalue weighted by Gasteiger charge is 2.33. The molecule has 0 aromatic heterocycles. The number of nitrogens with zero attached hydrogens (tertiary/aromatic N) is 1. The monoisotopic (exact) mass is 287 g/mol. The van der Waals surface area contributed by atoms with Gasteiger partial charge in [-0.3, -0.25) is 9.69 Å². The summed E-state index contributed by atoms with van der Waals surface area (Å²) in [6.45, 7) is 0.628. The van der Waals surface area contributed by atoms with Crippen molar-refractivity contribution in [3.05, 3.63) is 35.4 Å². The van der Waals surface area contributed by atoms with Crippen LogP contribution in [-0.2, 0) is 11.0 Å². The van der Waals surface area contributed by atoms with Crippen LogP contribution in [-0.4, -0.2) is 29.6 Å². The highest BCUT2D eigenvalue weighted by molar-refractivity contribution is 5.70. The molecule has 110 valence electrons. The largest absolute Gasteiger partial charge is 0.481 e. The van der Waals surface area contributed by atoms with Gasteiger partial charge in [-0.15, -0.1) is 0 Å². The van der Waals surface area contributed by atoms with Crippen molar-refractivity contribution in [2.75, 3.05) is 13.6 Å². The molecule has 0 aliphatic carbocycles. The molecule has 0 radical (unpaired) electrons. The molecular formula is C14H16F3NO2. The third-order valence-corrected chi connectivity index (χ3v) is 3.84. The topological polar surface area (TPSA) is 40.5 Å². The molecule has 20 heavy (non-hydrogen) atoms. The van der Waals surface area contributed by atoms with Crippen LogP contribution in [0.2, 0.25) is 0 Å². The zero-order valence-corrected chi connectivity index (χ0v) is 11.0. The zero-order valence-electron chi connectivity index (χ0n) is 11.0. The molecule has 1 aliphatic rings. The van der Waals surface area contributed by atoms with Gasteiger partial charge in [-0.05, 0) is 44.1 Å². The Bertz CT molecular complexity index is 484. The number of carbonyl (C=O) groups is 1. The van der Waals surface area contributed by atoms with Gasteiger partial charge in [-0.1, -0.05) is 12.1 Å². The number of benzene rings is 1. The number of halogens is 3. The summed E-state index contributed by atoms with van der Waals surface area (Å²) < 4.78 is 37.6. The summed E-state index contributed by atoms with van der Waals surface area (Å²) in [6, 6.07) is 4.83. The second-order valence-electron chi connectivity index (χ2n) is 5.18. The van der Waals surface area contributed by atoms with Gasteiger partial charge in [0, 0.05) is 6.04 Å². The van der Waals surface area contributed by atoms with Crippen LogP contribution in [0.1, 0.15) is 30.0 Å². The van der Waals surface area contributed by atoms with Crippen molar-refractivity contribution < 1.29 is 23.1 Å². The van der Waals surface area contributed by atoms with E-state index in [4.69, 9.17) is 5.11 Å². The number of piperidine rings is 1. The summed E-state index contributed by atoms with van der Waals surface area (Å²) in [6.07, 6.45) is -3.35. The average Bonchev–Trinajstić information content (AvgIpc) is 2.38. The zero-order chi connectivity index (χ0) is 14.9. The quantitative estimate of drug-likeness (QED) is 0.908. The molecule has 0 unspecified atom stereocenters. The molecule has 1 aromatic rings. The van der Waals surface area contributed by atoms with Crippen molar-refractivity contribution in [1.29, 1.82) is 0 Å². The molecule has 2 rings (SSSR count). The highest BCUT2D eigenvalue weighted by atomic mass is 19.4. The molecule has 1 aromatic carbocycles. The molecule has 3 nitrogen and oxygen atoms in total. The molecule has 1 aliphatic heterocycles. The molecule has 1 fully saturated rings. The van der Waals surface area contributed by atoms with E-state index >= 15 is 0 Å². The van der Waals surface area contributed by atoms with Gasteiger partial charge in [0.25, 0.3) is 0 Å². The van der Waals surface area contributed by atoms with Gasteiger partial charge in [0.2, 0.25) is 0 Å². The van der Waals surface area contributed by atoms with Crippen LogP contribution in [0, 0.1) is 5.92 Å². The lowest BCUT2D eigenvalue weighted by atomic mass is 9.87. The van der Waals surface area contributed by atoms with E-state index in [1.165, 1.54) is 12.1 Å². The number of likely N-dealkylation sites (tertiary alicyclic amines) is 1. The molecule has 2 atom stereocenters.